The van der Waals surface area contributed by atoms with Crippen LogP contribution in [0.1, 0.15) is 33.6 Å². The van der Waals surface area contributed by atoms with Gasteiger partial charge in [0.2, 0.25) is 0 Å². The third-order valence-electron chi connectivity index (χ3n) is 1.29. The predicted octanol–water partition coefficient (Wildman–Crippen LogP) is 3.15. The van der Waals surface area contributed by atoms with Crippen molar-refractivity contribution >= 4 is 0 Å². The maximum absolute atomic E-state index is 3.08. The normalized spacial score (nSPS) is 11.9. The summed E-state index contributed by atoms with van der Waals surface area (Å²) in [5.74, 6) is 0.700. The molecule has 0 N–H and O–H groups in total. The molecule has 52 valence electrons. The minimum Gasteiger partial charge on any atom is -0.130 e. The zero-order valence-electron chi connectivity index (χ0n) is 6.65. The topological polar surface area (TPSA) is 0 Å². The standard InChI is InChI=1S/C9H16/c1-4-6-8-9(3)7-5-2/h4,8-9H,5,7H2,1-3H3. The van der Waals surface area contributed by atoms with Crippen LogP contribution in [0.3, 0.4) is 0 Å². The molecule has 0 nitrogen and oxygen atoms in total. The lowest BCUT2D eigenvalue weighted by Crippen LogP contribution is -1.85. The second-order valence-corrected chi connectivity index (χ2v) is 2.39. The van der Waals surface area contributed by atoms with Crippen molar-refractivity contribution in [3.05, 3.63) is 17.9 Å². The molecule has 0 heteroatoms. The molecule has 0 amide bonds. The van der Waals surface area contributed by atoms with Gasteiger partial charge in [-0.3, -0.25) is 0 Å². The predicted molar refractivity (Wildman–Crippen MR) is 42.4 cm³/mol. The lowest BCUT2D eigenvalue weighted by atomic mass is 10.1. The van der Waals surface area contributed by atoms with Gasteiger partial charge in [0.15, 0.2) is 0 Å². The second kappa shape index (κ2) is 5.65. The summed E-state index contributed by atoms with van der Waals surface area (Å²) in [7, 11) is 0. The molecule has 0 aliphatic heterocycles. The summed E-state index contributed by atoms with van der Waals surface area (Å²) >= 11 is 0. The fraction of sp³-hybridized carbons (Fsp3) is 0.667. The van der Waals surface area contributed by atoms with Crippen molar-refractivity contribution in [3.8, 4) is 0 Å². The van der Waals surface area contributed by atoms with Gasteiger partial charge in [-0.1, -0.05) is 20.3 Å². The lowest BCUT2D eigenvalue weighted by molar-refractivity contribution is 0.635. The monoisotopic (exact) mass is 124 g/mol. The number of hydrogen-bond donors (Lipinski definition) is 0. The molecule has 0 aliphatic rings. The van der Waals surface area contributed by atoms with Crippen molar-refractivity contribution in [2.45, 2.75) is 33.6 Å². The molecule has 1 atom stereocenters. The van der Waals surface area contributed by atoms with Gasteiger partial charge < -0.3 is 0 Å². The first-order valence-electron chi connectivity index (χ1n) is 3.68. The Morgan fingerprint density at radius 2 is 2.22 bits per heavy atom. The van der Waals surface area contributed by atoms with E-state index in [0.717, 1.165) is 0 Å². The van der Waals surface area contributed by atoms with Crippen LogP contribution < -0.4 is 0 Å². The van der Waals surface area contributed by atoms with Gasteiger partial charge in [0.25, 0.3) is 0 Å². The van der Waals surface area contributed by atoms with Crippen LogP contribution in [0.2, 0.25) is 0 Å². The molecule has 0 aliphatic carbocycles. The first-order chi connectivity index (χ1) is 4.31. The van der Waals surface area contributed by atoms with Gasteiger partial charge in [0, 0.05) is 0 Å². The largest absolute Gasteiger partial charge is 0.130 e. The highest BCUT2D eigenvalue weighted by atomic mass is 14.0. The molecule has 0 heterocycles. The SMILES string of the molecule is CC=C=CC(C)CCC. The summed E-state index contributed by atoms with van der Waals surface area (Å²) < 4.78 is 0. The van der Waals surface area contributed by atoms with E-state index in [4.69, 9.17) is 0 Å². The Hall–Kier alpha value is -0.480. The Bertz CT molecular complexity index is 105. The summed E-state index contributed by atoms with van der Waals surface area (Å²) in [6.45, 7) is 6.43. The molecule has 1 unspecified atom stereocenters. The van der Waals surface area contributed by atoms with Gasteiger partial charge in [-0.15, -0.1) is 5.73 Å². The van der Waals surface area contributed by atoms with Crippen LogP contribution in [0.25, 0.3) is 0 Å². The molecular weight excluding hydrogens is 108 g/mol. The van der Waals surface area contributed by atoms with E-state index in [1.54, 1.807) is 0 Å². The van der Waals surface area contributed by atoms with Crippen molar-refractivity contribution in [2.24, 2.45) is 5.92 Å². The van der Waals surface area contributed by atoms with Gasteiger partial charge in [-0.05, 0) is 31.4 Å². The van der Waals surface area contributed by atoms with Crippen LogP contribution in [-0.4, -0.2) is 0 Å². The molecule has 0 fully saturated rings. The van der Waals surface area contributed by atoms with Crippen LogP contribution in [-0.2, 0) is 0 Å². The first kappa shape index (κ1) is 8.52. The fourth-order valence-electron chi connectivity index (χ4n) is 0.799. The maximum Gasteiger partial charge on any atom is -0.0186 e. The molecule has 0 aromatic carbocycles. The molecule has 0 radical (unpaired) electrons. The average Bonchev–Trinajstić information content (AvgIpc) is 1.85. The zero-order valence-corrected chi connectivity index (χ0v) is 6.65. The smallest absolute Gasteiger partial charge is 0.0186 e. The second-order valence-electron chi connectivity index (χ2n) is 2.39. The Morgan fingerprint density at radius 1 is 1.56 bits per heavy atom. The van der Waals surface area contributed by atoms with Gasteiger partial charge in [0.05, 0.1) is 0 Å². The van der Waals surface area contributed by atoms with E-state index in [0.29, 0.717) is 5.92 Å². The van der Waals surface area contributed by atoms with Gasteiger partial charge in [-0.2, -0.15) is 0 Å². The van der Waals surface area contributed by atoms with E-state index in [1.165, 1.54) is 12.8 Å². The third kappa shape index (κ3) is 5.39. The summed E-state index contributed by atoms with van der Waals surface area (Å²) in [6.07, 6.45) is 6.62. The molecule has 0 saturated carbocycles. The van der Waals surface area contributed by atoms with E-state index < -0.39 is 0 Å². The van der Waals surface area contributed by atoms with E-state index >= 15 is 0 Å². The molecule has 0 aromatic heterocycles. The quantitative estimate of drug-likeness (QED) is 0.507. The zero-order chi connectivity index (χ0) is 7.11. The summed E-state index contributed by atoms with van der Waals surface area (Å²) in [5, 5.41) is 0. The van der Waals surface area contributed by atoms with Gasteiger partial charge in [0.1, 0.15) is 0 Å². The molecule has 9 heavy (non-hydrogen) atoms. The van der Waals surface area contributed by atoms with Crippen molar-refractivity contribution in [2.75, 3.05) is 0 Å². The molecule has 0 spiro atoms. The lowest BCUT2D eigenvalue weighted by Gasteiger charge is -1.98. The molecule has 0 aromatic rings. The summed E-state index contributed by atoms with van der Waals surface area (Å²) in [6, 6.07) is 0. The molecular formula is C9H16. The van der Waals surface area contributed by atoms with Crippen LogP contribution in [0, 0.1) is 5.92 Å². The highest BCUT2D eigenvalue weighted by molar-refractivity contribution is 4.85. The van der Waals surface area contributed by atoms with Crippen LogP contribution in [0.5, 0.6) is 0 Å². The van der Waals surface area contributed by atoms with Crippen molar-refractivity contribution < 1.29 is 0 Å². The first-order valence-corrected chi connectivity index (χ1v) is 3.68. The Labute approximate surface area is 58.3 Å². The van der Waals surface area contributed by atoms with Crippen LogP contribution in [0.15, 0.2) is 17.9 Å². The Morgan fingerprint density at radius 3 is 2.67 bits per heavy atom. The number of hydrogen-bond acceptors (Lipinski definition) is 0. The molecule has 0 rings (SSSR count). The van der Waals surface area contributed by atoms with Crippen molar-refractivity contribution in [1.29, 1.82) is 0 Å². The summed E-state index contributed by atoms with van der Waals surface area (Å²) in [4.78, 5) is 0. The van der Waals surface area contributed by atoms with Crippen molar-refractivity contribution in [3.63, 3.8) is 0 Å². The van der Waals surface area contributed by atoms with E-state index in [1.807, 2.05) is 13.0 Å². The van der Waals surface area contributed by atoms with Crippen LogP contribution in [0.4, 0.5) is 0 Å². The minimum atomic E-state index is 0.700. The Balaban J connectivity index is 3.49. The highest BCUT2D eigenvalue weighted by Crippen LogP contribution is 2.04. The number of allylic oxidation sites excluding steroid dienone is 1. The van der Waals surface area contributed by atoms with Gasteiger partial charge in [-0.25, -0.2) is 0 Å². The van der Waals surface area contributed by atoms with Gasteiger partial charge >= 0.3 is 0 Å². The van der Waals surface area contributed by atoms with E-state index in [-0.39, 0.29) is 0 Å². The van der Waals surface area contributed by atoms with E-state index in [2.05, 4.69) is 25.7 Å². The van der Waals surface area contributed by atoms with Crippen LogP contribution >= 0.6 is 0 Å². The Kier molecular flexibility index (Phi) is 5.35. The fourth-order valence-corrected chi connectivity index (χ4v) is 0.799. The molecule has 0 bridgehead atoms. The average molecular weight is 124 g/mol. The third-order valence-corrected chi connectivity index (χ3v) is 1.29. The maximum atomic E-state index is 3.08. The summed E-state index contributed by atoms with van der Waals surface area (Å²) in [5.41, 5.74) is 3.08. The van der Waals surface area contributed by atoms with Crippen molar-refractivity contribution in [1.82, 2.24) is 0 Å². The minimum absolute atomic E-state index is 0.700. The molecule has 0 saturated heterocycles. The van der Waals surface area contributed by atoms with E-state index in [9.17, 15) is 0 Å². The number of rotatable bonds is 3. The highest BCUT2D eigenvalue weighted by Gasteiger charge is 1.90.